The van der Waals surface area contributed by atoms with E-state index in [4.69, 9.17) is 4.74 Å². The third-order valence-corrected chi connectivity index (χ3v) is 4.82. The molecule has 0 spiro atoms. The smallest absolute Gasteiger partial charge is 0.407 e. The van der Waals surface area contributed by atoms with Crippen LogP contribution in [-0.4, -0.2) is 34.3 Å². The van der Waals surface area contributed by atoms with Crippen molar-refractivity contribution in [1.29, 1.82) is 5.26 Å². The molecule has 1 atom stereocenters. The molecule has 1 aromatic carbocycles. The first-order valence-electron chi connectivity index (χ1n) is 10.8. The van der Waals surface area contributed by atoms with E-state index in [-0.39, 0.29) is 23.2 Å². The summed E-state index contributed by atoms with van der Waals surface area (Å²) in [6.07, 6.45) is -0.485. The minimum Gasteiger partial charge on any atom is -0.444 e. The first kappa shape index (κ1) is 25.1. The van der Waals surface area contributed by atoms with Gasteiger partial charge in [-0.15, -0.1) is 0 Å². The monoisotopic (exact) mass is 439 g/mol. The molecule has 0 fully saturated rings. The molecule has 0 saturated heterocycles. The Bertz CT molecular complexity index is 1020. The largest absolute Gasteiger partial charge is 0.444 e. The van der Waals surface area contributed by atoms with Gasteiger partial charge < -0.3 is 15.4 Å². The van der Waals surface area contributed by atoms with Gasteiger partial charge in [0.1, 0.15) is 17.5 Å². The number of nitrogens with zero attached hydrogens (tertiary/aromatic N) is 3. The summed E-state index contributed by atoms with van der Waals surface area (Å²) in [6, 6.07) is 11.4. The van der Waals surface area contributed by atoms with Gasteiger partial charge in [0.05, 0.1) is 18.2 Å². The van der Waals surface area contributed by atoms with E-state index in [9.17, 15) is 14.9 Å². The molecule has 1 unspecified atom stereocenters. The van der Waals surface area contributed by atoms with Gasteiger partial charge in [0.2, 0.25) is 0 Å². The molecule has 0 aliphatic heterocycles. The van der Waals surface area contributed by atoms with Crippen molar-refractivity contribution in [2.75, 3.05) is 13.1 Å². The summed E-state index contributed by atoms with van der Waals surface area (Å²) in [5, 5.41) is 15.6. The molecule has 2 aromatic rings. The highest BCUT2D eigenvalue weighted by Gasteiger charge is 2.24. The molecule has 2 N–H and O–H groups in total. The van der Waals surface area contributed by atoms with Crippen molar-refractivity contribution in [2.45, 2.75) is 59.7 Å². The molecular formula is C24H33N5O3. The molecule has 1 aromatic heterocycles. The summed E-state index contributed by atoms with van der Waals surface area (Å²) in [5.41, 5.74) is 0.644. The van der Waals surface area contributed by atoms with Crippen molar-refractivity contribution in [3.05, 3.63) is 63.3 Å². The average molecular weight is 440 g/mol. The van der Waals surface area contributed by atoms with E-state index in [2.05, 4.69) is 15.6 Å². The summed E-state index contributed by atoms with van der Waals surface area (Å²) >= 11 is 0. The number of aromatic nitrogens is 2. The standard InChI is InChI=1S/C24H33N5O3/c1-16(2)20(26-12-13-27-23(31)32-24(4,5)6)21-28-19(14-25)17(3)22(30)29(21)15-18-10-8-7-9-11-18/h7-11,16,20,26H,12-13,15H2,1-6H3,(H,27,31). The van der Waals surface area contributed by atoms with E-state index in [1.807, 2.05) is 71.0 Å². The van der Waals surface area contributed by atoms with Gasteiger partial charge in [0.25, 0.3) is 5.56 Å². The van der Waals surface area contributed by atoms with Gasteiger partial charge in [-0.1, -0.05) is 44.2 Å². The van der Waals surface area contributed by atoms with E-state index in [0.29, 0.717) is 31.0 Å². The van der Waals surface area contributed by atoms with Gasteiger partial charge in [-0.3, -0.25) is 9.36 Å². The van der Waals surface area contributed by atoms with Crippen LogP contribution in [0, 0.1) is 24.2 Å². The lowest BCUT2D eigenvalue weighted by Gasteiger charge is -2.26. The lowest BCUT2D eigenvalue weighted by molar-refractivity contribution is 0.0527. The summed E-state index contributed by atoms with van der Waals surface area (Å²) in [4.78, 5) is 29.6. The number of benzene rings is 1. The van der Waals surface area contributed by atoms with Gasteiger partial charge in [-0.2, -0.15) is 5.26 Å². The number of amides is 1. The number of alkyl carbamates (subject to hydrolysis) is 1. The Labute approximate surface area is 189 Å². The Kier molecular flexibility index (Phi) is 8.56. The van der Waals surface area contributed by atoms with Crippen LogP contribution in [0.1, 0.15) is 63.3 Å². The van der Waals surface area contributed by atoms with Crippen LogP contribution in [0.3, 0.4) is 0 Å². The fraction of sp³-hybridized carbons (Fsp3) is 0.500. The van der Waals surface area contributed by atoms with Crippen LogP contribution in [0.5, 0.6) is 0 Å². The van der Waals surface area contributed by atoms with Gasteiger partial charge in [0.15, 0.2) is 5.69 Å². The minimum absolute atomic E-state index is 0.0831. The van der Waals surface area contributed by atoms with Crippen LogP contribution in [0.25, 0.3) is 0 Å². The highest BCUT2D eigenvalue weighted by Crippen LogP contribution is 2.21. The van der Waals surface area contributed by atoms with E-state index in [1.54, 1.807) is 11.5 Å². The third-order valence-electron chi connectivity index (χ3n) is 4.82. The van der Waals surface area contributed by atoms with Gasteiger partial charge in [-0.05, 0) is 39.2 Å². The minimum atomic E-state index is -0.564. The maximum Gasteiger partial charge on any atom is 0.407 e. The maximum absolute atomic E-state index is 13.1. The average Bonchev–Trinajstić information content (AvgIpc) is 2.71. The molecule has 2 rings (SSSR count). The highest BCUT2D eigenvalue weighted by molar-refractivity contribution is 5.67. The van der Waals surface area contributed by atoms with Gasteiger partial charge in [0, 0.05) is 13.1 Å². The Morgan fingerprint density at radius 3 is 2.44 bits per heavy atom. The molecule has 0 aliphatic rings. The van der Waals surface area contributed by atoms with Crippen LogP contribution in [0.2, 0.25) is 0 Å². The van der Waals surface area contributed by atoms with Gasteiger partial charge >= 0.3 is 6.09 Å². The molecule has 0 radical (unpaired) electrons. The van der Waals surface area contributed by atoms with Crippen molar-refractivity contribution >= 4 is 6.09 Å². The lowest BCUT2D eigenvalue weighted by Crippen LogP contribution is -2.40. The van der Waals surface area contributed by atoms with Crippen molar-refractivity contribution in [1.82, 2.24) is 20.2 Å². The molecule has 0 saturated carbocycles. The van der Waals surface area contributed by atoms with Crippen LogP contribution in [-0.2, 0) is 11.3 Å². The van der Waals surface area contributed by atoms with E-state index >= 15 is 0 Å². The number of hydrogen-bond donors (Lipinski definition) is 2. The first-order chi connectivity index (χ1) is 15.0. The number of nitriles is 1. The molecule has 8 heteroatoms. The number of carbonyl (C=O) groups excluding carboxylic acids is 1. The highest BCUT2D eigenvalue weighted by atomic mass is 16.6. The van der Waals surface area contributed by atoms with Crippen LogP contribution < -0.4 is 16.2 Å². The summed E-state index contributed by atoms with van der Waals surface area (Å²) in [6.45, 7) is 12.2. The zero-order valence-electron chi connectivity index (χ0n) is 19.7. The lowest BCUT2D eigenvalue weighted by atomic mass is 10.0. The van der Waals surface area contributed by atoms with Crippen molar-refractivity contribution in [3.63, 3.8) is 0 Å². The fourth-order valence-corrected chi connectivity index (χ4v) is 3.26. The van der Waals surface area contributed by atoms with Crippen molar-refractivity contribution < 1.29 is 9.53 Å². The van der Waals surface area contributed by atoms with E-state index in [0.717, 1.165) is 5.56 Å². The second-order valence-electron chi connectivity index (χ2n) is 9.04. The first-order valence-corrected chi connectivity index (χ1v) is 10.8. The van der Waals surface area contributed by atoms with E-state index in [1.165, 1.54) is 0 Å². The molecule has 0 bridgehead atoms. The molecule has 1 heterocycles. The predicted molar refractivity (Wildman–Crippen MR) is 123 cm³/mol. The number of ether oxygens (including phenoxy) is 1. The number of rotatable bonds is 8. The molecular weight excluding hydrogens is 406 g/mol. The third kappa shape index (κ3) is 6.92. The maximum atomic E-state index is 13.1. The number of nitrogens with one attached hydrogen (secondary N) is 2. The van der Waals surface area contributed by atoms with Crippen LogP contribution in [0.15, 0.2) is 35.1 Å². The Morgan fingerprint density at radius 2 is 1.88 bits per heavy atom. The molecule has 32 heavy (non-hydrogen) atoms. The second-order valence-corrected chi connectivity index (χ2v) is 9.04. The van der Waals surface area contributed by atoms with Crippen LogP contribution >= 0.6 is 0 Å². The molecule has 0 aliphatic carbocycles. The Hall–Kier alpha value is -3.18. The topological polar surface area (TPSA) is 109 Å². The summed E-state index contributed by atoms with van der Waals surface area (Å²) in [7, 11) is 0. The van der Waals surface area contributed by atoms with Crippen molar-refractivity contribution in [3.8, 4) is 6.07 Å². The zero-order chi connectivity index (χ0) is 23.9. The van der Waals surface area contributed by atoms with E-state index < -0.39 is 11.7 Å². The molecule has 172 valence electrons. The Morgan fingerprint density at radius 1 is 1.22 bits per heavy atom. The van der Waals surface area contributed by atoms with Crippen molar-refractivity contribution in [2.24, 2.45) is 5.92 Å². The van der Waals surface area contributed by atoms with Gasteiger partial charge in [-0.25, -0.2) is 9.78 Å². The summed E-state index contributed by atoms with van der Waals surface area (Å²) in [5.74, 6) is 0.591. The Balaban J connectivity index is 2.28. The number of carbonyl (C=O) groups is 1. The normalized spacial score (nSPS) is 12.3. The quantitative estimate of drug-likeness (QED) is 0.611. The fourth-order valence-electron chi connectivity index (χ4n) is 3.26. The second kappa shape index (κ2) is 10.9. The van der Waals surface area contributed by atoms with Crippen LogP contribution in [0.4, 0.5) is 4.79 Å². The SMILES string of the molecule is Cc1c(C#N)nc(C(NCCNC(=O)OC(C)(C)C)C(C)C)n(Cc2ccccc2)c1=O. The summed E-state index contributed by atoms with van der Waals surface area (Å²) < 4.78 is 6.88. The molecule has 8 nitrogen and oxygen atoms in total. The number of hydrogen-bond acceptors (Lipinski definition) is 6. The zero-order valence-corrected chi connectivity index (χ0v) is 19.7. The molecule has 1 amide bonds. The predicted octanol–water partition coefficient (Wildman–Crippen LogP) is 3.28.